The quantitative estimate of drug-likeness (QED) is 0.832. The van der Waals surface area contributed by atoms with Crippen LogP contribution in [0.5, 0.6) is 0 Å². The Morgan fingerprint density at radius 1 is 1.20 bits per heavy atom. The molecule has 2 aromatic rings. The molecule has 0 fully saturated rings. The van der Waals surface area contributed by atoms with E-state index in [0.717, 1.165) is 11.1 Å². The highest BCUT2D eigenvalue weighted by Crippen LogP contribution is 2.10. The second-order valence-corrected chi connectivity index (χ2v) is 4.51. The molecule has 3 nitrogen and oxygen atoms in total. The number of terminal acetylenes is 1. The molecule has 0 saturated carbocycles. The summed E-state index contributed by atoms with van der Waals surface area (Å²) in [7, 11) is 0. The van der Waals surface area contributed by atoms with Crippen molar-refractivity contribution < 1.29 is 4.79 Å². The van der Waals surface area contributed by atoms with Gasteiger partial charge in [0.2, 0.25) is 5.91 Å². The molecule has 0 heterocycles. The third-order valence-corrected chi connectivity index (χ3v) is 2.93. The third kappa shape index (κ3) is 3.71. The maximum atomic E-state index is 12.0. The Morgan fingerprint density at radius 3 is 2.65 bits per heavy atom. The molecule has 2 rings (SSSR count). The molecule has 100 valence electrons. The van der Waals surface area contributed by atoms with Crippen molar-refractivity contribution in [2.75, 3.05) is 5.32 Å². The highest BCUT2D eigenvalue weighted by Gasteiger charge is 2.14. The summed E-state index contributed by atoms with van der Waals surface area (Å²) in [5.74, 6) is 2.31. The summed E-state index contributed by atoms with van der Waals surface area (Å²) in [4.78, 5) is 12.0. The minimum atomic E-state index is -0.591. The fraction of sp³-hybridized carbons (Fsp3) is 0.118. The number of benzene rings is 2. The highest BCUT2D eigenvalue weighted by atomic mass is 16.2. The van der Waals surface area contributed by atoms with Crippen LogP contribution in [-0.4, -0.2) is 11.9 Å². The third-order valence-electron chi connectivity index (χ3n) is 2.93. The first-order valence-electron chi connectivity index (χ1n) is 6.36. The van der Waals surface area contributed by atoms with Crippen molar-refractivity contribution in [1.82, 2.24) is 0 Å². The predicted octanol–water partition coefficient (Wildman–Crippen LogP) is 2.18. The van der Waals surface area contributed by atoms with Crippen LogP contribution in [0.3, 0.4) is 0 Å². The normalized spacial score (nSPS) is 11.4. The minimum Gasteiger partial charge on any atom is -0.325 e. The Hall–Kier alpha value is -2.57. The molecular weight excluding hydrogens is 248 g/mol. The maximum absolute atomic E-state index is 12.0. The van der Waals surface area contributed by atoms with Gasteiger partial charge in [-0.1, -0.05) is 42.3 Å². The molecule has 0 unspecified atom stereocenters. The van der Waals surface area contributed by atoms with Gasteiger partial charge in [0, 0.05) is 11.3 Å². The smallest absolute Gasteiger partial charge is 0.241 e. The molecule has 0 bridgehead atoms. The SMILES string of the molecule is C#Cc1cccc(NC(=O)[C@H](N)Cc2ccccc2)c1. The average molecular weight is 264 g/mol. The molecule has 0 aliphatic rings. The summed E-state index contributed by atoms with van der Waals surface area (Å²) in [5.41, 5.74) is 8.33. The van der Waals surface area contributed by atoms with Crippen LogP contribution < -0.4 is 11.1 Å². The van der Waals surface area contributed by atoms with Crippen LogP contribution in [-0.2, 0) is 11.2 Å². The van der Waals surface area contributed by atoms with E-state index in [9.17, 15) is 4.79 Å². The molecule has 20 heavy (non-hydrogen) atoms. The van der Waals surface area contributed by atoms with E-state index in [1.54, 1.807) is 24.3 Å². The second-order valence-electron chi connectivity index (χ2n) is 4.51. The standard InChI is InChI=1S/C17H16N2O/c1-2-13-9-6-10-15(11-13)19-17(20)16(18)12-14-7-4-3-5-8-14/h1,3-11,16H,12,18H2,(H,19,20)/t16-/m1/s1. The molecule has 1 amide bonds. The number of carbonyl (C=O) groups excluding carboxylic acids is 1. The van der Waals surface area contributed by atoms with Crippen molar-refractivity contribution in [3.63, 3.8) is 0 Å². The molecule has 3 heteroatoms. The second kappa shape index (κ2) is 6.55. The summed E-state index contributed by atoms with van der Waals surface area (Å²) >= 11 is 0. The van der Waals surface area contributed by atoms with E-state index in [1.807, 2.05) is 30.3 Å². The van der Waals surface area contributed by atoms with Gasteiger partial charge >= 0.3 is 0 Å². The Balaban J connectivity index is 1.99. The number of carbonyl (C=O) groups is 1. The van der Waals surface area contributed by atoms with Gasteiger partial charge in [0.05, 0.1) is 6.04 Å². The van der Waals surface area contributed by atoms with E-state index in [-0.39, 0.29) is 5.91 Å². The minimum absolute atomic E-state index is 0.219. The van der Waals surface area contributed by atoms with Crippen LogP contribution in [0.15, 0.2) is 54.6 Å². The molecular formula is C17H16N2O. The lowest BCUT2D eigenvalue weighted by atomic mass is 10.1. The van der Waals surface area contributed by atoms with Crippen molar-refractivity contribution in [2.24, 2.45) is 5.73 Å². The number of rotatable bonds is 4. The van der Waals surface area contributed by atoms with Crippen molar-refractivity contribution in [1.29, 1.82) is 0 Å². The lowest BCUT2D eigenvalue weighted by molar-refractivity contribution is -0.117. The lowest BCUT2D eigenvalue weighted by Crippen LogP contribution is -2.37. The molecule has 0 aliphatic heterocycles. The summed E-state index contributed by atoms with van der Waals surface area (Å²) in [6.07, 6.45) is 5.83. The van der Waals surface area contributed by atoms with Gasteiger partial charge < -0.3 is 11.1 Å². The van der Waals surface area contributed by atoms with Crippen LogP contribution in [0, 0.1) is 12.3 Å². The number of amides is 1. The lowest BCUT2D eigenvalue weighted by Gasteiger charge is -2.12. The Morgan fingerprint density at radius 2 is 1.95 bits per heavy atom. The van der Waals surface area contributed by atoms with Gasteiger partial charge in [0.15, 0.2) is 0 Å². The van der Waals surface area contributed by atoms with Gasteiger partial charge in [-0.2, -0.15) is 0 Å². The van der Waals surface area contributed by atoms with E-state index in [2.05, 4.69) is 11.2 Å². The van der Waals surface area contributed by atoms with Gasteiger partial charge in [-0.25, -0.2) is 0 Å². The summed E-state index contributed by atoms with van der Waals surface area (Å²) in [5, 5.41) is 2.78. The van der Waals surface area contributed by atoms with Gasteiger partial charge in [-0.15, -0.1) is 6.42 Å². The molecule has 0 radical (unpaired) electrons. The highest BCUT2D eigenvalue weighted by molar-refractivity contribution is 5.95. The van der Waals surface area contributed by atoms with E-state index < -0.39 is 6.04 Å². The van der Waals surface area contributed by atoms with Gasteiger partial charge in [-0.05, 0) is 30.2 Å². The predicted molar refractivity (Wildman–Crippen MR) is 81.1 cm³/mol. The zero-order valence-corrected chi connectivity index (χ0v) is 11.0. The Labute approximate surface area is 118 Å². The Bertz CT molecular complexity index is 629. The first kappa shape index (κ1) is 13.9. The van der Waals surface area contributed by atoms with E-state index in [0.29, 0.717) is 12.1 Å². The van der Waals surface area contributed by atoms with E-state index >= 15 is 0 Å². The van der Waals surface area contributed by atoms with Crippen LogP contribution in [0.4, 0.5) is 5.69 Å². The number of hydrogen-bond acceptors (Lipinski definition) is 2. The van der Waals surface area contributed by atoms with Gasteiger partial charge in [0.1, 0.15) is 0 Å². The summed E-state index contributed by atoms with van der Waals surface area (Å²) in [6.45, 7) is 0. The average Bonchev–Trinajstić information content (AvgIpc) is 2.48. The van der Waals surface area contributed by atoms with Crippen molar-refractivity contribution in [3.8, 4) is 12.3 Å². The molecule has 0 saturated heterocycles. The van der Waals surface area contributed by atoms with Crippen molar-refractivity contribution in [2.45, 2.75) is 12.5 Å². The zero-order valence-electron chi connectivity index (χ0n) is 11.0. The van der Waals surface area contributed by atoms with Gasteiger partial charge in [-0.3, -0.25) is 4.79 Å². The fourth-order valence-electron chi connectivity index (χ4n) is 1.88. The van der Waals surface area contributed by atoms with Crippen LogP contribution in [0.2, 0.25) is 0 Å². The first-order chi connectivity index (χ1) is 9.69. The first-order valence-corrected chi connectivity index (χ1v) is 6.36. The summed E-state index contributed by atoms with van der Waals surface area (Å²) < 4.78 is 0. The number of nitrogens with one attached hydrogen (secondary N) is 1. The molecule has 0 aromatic heterocycles. The number of anilines is 1. The maximum Gasteiger partial charge on any atom is 0.241 e. The zero-order chi connectivity index (χ0) is 14.4. The van der Waals surface area contributed by atoms with E-state index in [4.69, 9.17) is 12.2 Å². The molecule has 2 aromatic carbocycles. The van der Waals surface area contributed by atoms with E-state index in [1.165, 1.54) is 0 Å². The summed E-state index contributed by atoms with van der Waals surface area (Å²) in [6, 6.07) is 16.2. The van der Waals surface area contributed by atoms with Crippen LogP contribution in [0.1, 0.15) is 11.1 Å². The largest absolute Gasteiger partial charge is 0.325 e. The number of nitrogens with two attached hydrogens (primary N) is 1. The van der Waals surface area contributed by atoms with Crippen LogP contribution in [0.25, 0.3) is 0 Å². The van der Waals surface area contributed by atoms with Gasteiger partial charge in [0.25, 0.3) is 0 Å². The van der Waals surface area contributed by atoms with Crippen molar-refractivity contribution >= 4 is 11.6 Å². The topological polar surface area (TPSA) is 55.1 Å². The molecule has 0 aliphatic carbocycles. The molecule has 3 N–H and O–H groups in total. The number of hydrogen-bond donors (Lipinski definition) is 2. The molecule has 1 atom stereocenters. The Kier molecular flexibility index (Phi) is 4.54. The molecule has 0 spiro atoms. The monoisotopic (exact) mass is 264 g/mol. The van der Waals surface area contributed by atoms with Crippen LogP contribution >= 0.6 is 0 Å². The fourth-order valence-corrected chi connectivity index (χ4v) is 1.88. The van der Waals surface area contributed by atoms with Crippen molar-refractivity contribution in [3.05, 3.63) is 65.7 Å².